The number of nitrogens with one attached hydrogen (secondary N) is 1. The highest BCUT2D eigenvalue weighted by atomic mass is 19.1. The largest absolute Gasteiger partial charge is 0.481 e. The molecule has 0 bridgehead atoms. The van der Waals surface area contributed by atoms with Crippen LogP contribution in [0.4, 0.5) is 15.8 Å². The number of methoxy groups -OCH3 is 1. The van der Waals surface area contributed by atoms with E-state index in [0.29, 0.717) is 42.4 Å². The van der Waals surface area contributed by atoms with Crippen LogP contribution in [0.25, 0.3) is 0 Å². The van der Waals surface area contributed by atoms with E-state index in [1.165, 1.54) is 7.11 Å². The van der Waals surface area contributed by atoms with Gasteiger partial charge in [0.2, 0.25) is 0 Å². The molecule has 0 radical (unpaired) electrons. The highest BCUT2D eigenvalue weighted by Crippen LogP contribution is 2.35. The highest BCUT2D eigenvalue weighted by molar-refractivity contribution is 6.03. The summed E-state index contributed by atoms with van der Waals surface area (Å²) in [5, 5.41) is 2.85. The van der Waals surface area contributed by atoms with Crippen molar-refractivity contribution in [3.8, 4) is 5.75 Å². The fourth-order valence-corrected chi connectivity index (χ4v) is 3.78. The molecule has 0 saturated heterocycles. The minimum absolute atomic E-state index is 0.153. The molecule has 0 spiro atoms. The number of esters is 1. The van der Waals surface area contributed by atoms with Gasteiger partial charge in [-0.3, -0.25) is 4.79 Å². The van der Waals surface area contributed by atoms with Gasteiger partial charge in [0, 0.05) is 12.2 Å². The molecule has 6 nitrogen and oxygen atoms in total. The lowest BCUT2D eigenvalue weighted by Gasteiger charge is -2.27. The second kappa shape index (κ2) is 9.85. The molecule has 1 heterocycles. The van der Waals surface area contributed by atoms with E-state index >= 15 is 0 Å². The number of para-hydroxylation sites is 1. The second-order valence-corrected chi connectivity index (χ2v) is 8.17. The number of amides is 1. The van der Waals surface area contributed by atoms with Gasteiger partial charge < -0.3 is 19.7 Å². The van der Waals surface area contributed by atoms with E-state index in [2.05, 4.69) is 5.32 Å². The van der Waals surface area contributed by atoms with Crippen molar-refractivity contribution in [3.05, 3.63) is 66.0 Å². The van der Waals surface area contributed by atoms with Gasteiger partial charge in [0.15, 0.2) is 6.10 Å². The molecular weight excluding hydrogens is 411 g/mol. The molecule has 2 aromatic carbocycles. The normalized spacial score (nSPS) is 16.7. The predicted molar refractivity (Wildman–Crippen MR) is 121 cm³/mol. The average molecular weight is 438 g/mol. The van der Waals surface area contributed by atoms with Crippen LogP contribution < -0.4 is 15.0 Å². The van der Waals surface area contributed by atoms with Crippen LogP contribution in [0.2, 0.25) is 0 Å². The molecule has 1 fully saturated rings. The molecule has 7 heteroatoms. The van der Waals surface area contributed by atoms with Crippen LogP contribution in [0.3, 0.4) is 0 Å². The van der Waals surface area contributed by atoms with Gasteiger partial charge in [-0.05, 0) is 55.2 Å². The van der Waals surface area contributed by atoms with E-state index in [-0.39, 0.29) is 23.8 Å². The molecule has 1 saturated carbocycles. The van der Waals surface area contributed by atoms with E-state index in [4.69, 9.17) is 9.47 Å². The standard InChI is InChI=1S/C25H27FN2O4/c1-31-25(30)21-15-19(28-13-5-6-18(26)16-28)11-12-22(21)27-24(29)23(14-17-9-10-17)32-20-7-3-2-4-8-20/h2-4,6-8,11-12,15,17,23H,5,9-10,13-14,16H2,1H3,(H,27,29)/t23-/m0/s1. The molecular formula is C25H27FN2O4. The van der Waals surface area contributed by atoms with E-state index in [1.54, 1.807) is 24.3 Å². The van der Waals surface area contributed by atoms with Crippen molar-refractivity contribution in [1.29, 1.82) is 0 Å². The Balaban J connectivity index is 1.54. The maximum absolute atomic E-state index is 13.7. The predicted octanol–water partition coefficient (Wildman–Crippen LogP) is 4.72. The number of anilines is 2. The van der Waals surface area contributed by atoms with Gasteiger partial charge in [-0.15, -0.1) is 0 Å². The summed E-state index contributed by atoms with van der Waals surface area (Å²) in [5.41, 5.74) is 1.26. The van der Waals surface area contributed by atoms with Crippen molar-refractivity contribution in [3.63, 3.8) is 0 Å². The first-order chi connectivity index (χ1) is 15.5. The Kier molecular flexibility index (Phi) is 6.73. The fourth-order valence-electron chi connectivity index (χ4n) is 3.78. The Morgan fingerprint density at radius 3 is 2.66 bits per heavy atom. The monoisotopic (exact) mass is 438 g/mol. The van der Waals surface area contributed by atoms with E-state index in [9.17, 15) is 14.0 Å². The van der Waals surface area contributed by atoms with Crippen molar-refractivity contribution in [2.24, 2.45) is 5.92 Å². The Morgan fingerprint density at radius 2 is 1.97 bits per heavy atom. The van der Waals surface area contributed by atoms with Crippen LogP contribution in [-0.2, 0) is 9.53 Å². The zero-order chi connectivity index (χ0) is 22.5. The lowest BCUT2D eigenvalue weighted by Crippen LogP contribution is -2.34. The van der Waals surface area contributed by atoms with Gasteiger partial charge >= 0.3 is 5.97 Å². The molecule has 1 amide bonds. The lowest BCUT2D eigenvalue weighted by atomic mass is 10.1. The number of carbonyl (C=O) groups is 2. The first-order valence-electron chi connectivity index (χ1n) is 10.9. The molecule has 168 valence electrons. The summed E-state index contributed by atoms with van der Waals surface area (Å²) < 4.78 is 24.6. The minimum Gasteiger partial charge on any atom is -0.481 e. The number of ether oxygens (including phenoxy) is 2. The van der Waals surface area contributed by atoms with E-state index < -0.39 is 12.1 Å². The Bertz CT molecular complexity index is 1000. The summed E-state index contributed by atoms with van der Waals surface area (Å²) in [5.74, 6) is 0.00807. The topological polar surface area (TPSA) is 67.9 Å². The summed E-state index contributed by atoms with van der Waals surface area (Å²) in [7, 11) is 1.29. The zero-order valence-corrected chi connectivity index (χ0v) is 18.1. The zero-order valence-electron chi connectivity index (χ0n) is 18.1. The third-order valence-electron chi connectivity index (χ3n) is 5.70. The summed E-state index contributed by atoms with van der Waals surface area (Å²) in [6.07, 6.45) is 4.29. The van der Waals surface area contributed by atoms with Crippen molar-refractivity contribution in [2.75, 3.05) is 30.4 Å². The third kappa shape index (κ3) is 5.46. The number of hydrogen-bond donors (Lipinski definition) is 1. The number of carbonyl (C=O) groups excluding carboxylic acids is 2. The average Bonchev–Trinajstić information content (AvgIpc) is 3.63. The number of nitrogens with zero attached hydrogens (tertiary/aromatic N) is 1. The van der Waals surface area contributed by atoms with Gasteiger partial charge in [0.25, 0.3) is 5.91 Å². The molecule has 1 aliphatic carbocycles. The minimum atomic E-state index is -0.670. The third-order valence-corrected chi connectivity index (χ3v) is 5.70. The van der Waals surface area contributed by atoms with Gasteiger partial charge in [0.1, 0.15) is 11.6 Å². The Labute approximate surface area is 187 Å². The lowest BCUT2D eigenvalue weighted by molar-refractivity contribution is -0.123. The highest BCUT2D eigenvalue weighted by Gasteiger charge is 2.31. The number of halogens is 1. The fraction of sp³-hybridized carbons (Fsp3) is 0.360. The first-order valence-corrected chi connectivity index (χ1v) is 10.9. The van der Waals surface area contributed by atoms with Gasteiger partial charge in [-0.1, -0.05) is 31.0 Å². The van der Waals surface area contributed by atoms with Crippen LogP contribution in [0, 0.1) is 5.92 Å². The molecule has 1 aliphatic heterocycles. The summed E-state index contributed by atoms with van der Waals surface area (Å²) in [6, 6.07) is 14.3. The van der Waals surface area contributed by atoms with E-state index in [0.717, 1.165) is 12.8 Å². The van der Waals surface area contributed by atoms with Gasteiger partial charge in [0.05, 0.1) is 24.9 Å². The molecule has 4 rings (SSSR count). The molecule has 2 aliphatic rings. The van der Waals surface area contributed by atoms with Crippen molar-refractivity contribution >= 4 is 23.3 Å². The van der Waals surface area contributed by atoms with Crippen molar-refractivity contribution < 1.29 is 23.5 Å². The molecule has 1 atom stereocenters. The Morgan fingerprint density at radius 1 is 1.19 bits per heavy atom. The molecule has 2 aromatic rings. The van der Waals surface area contributed by atoms with Gasteiger partial charge in [-0.2, -0.15) is 0 Å². The SMILES string of the molecule is COC(=O)c1cc(N2CCC=C(F)C2)ccc1NC(=O)[C@H](CC1CC1)Oc1ccccc1. The number of rotatable bonds is 8. The van der Waals surface area contributed by atoms with Crippen LogP contribution in [0.15, 0.2) is 60.4 Å². The van der Waals surface area contributed by atoms with Crippen LogP contribution >= 0.6 is 0 Å². The molecule has 0 aromatic heterocycles. The Hall–Kier alpha value is -3.35. The van der Waals surface area contributed by atoms with Crippen molar-refractivity contribution in [1.82, 2.24) is 0 Å². The quantitative estimate of drug-likeness (QED) is 0.604. The maximum atomic E-state index is 13.7. The summed E-state index contributed by atoms with van der Waals surface area (Å²) >= 11 is 0. The summed E-state index contributed by atoms with van der Waals surface area (Å²) in [6.45, 7) is 0.800. The van der Waals surface area contributed by atoms with E-state index in [1.807, 2.05) is 35.2 Å². The smallest absolute Gasteiger partial charge is 0.340 e. The van der Waals surface area contributed by atoms with Crippen molar-refractivity contribution in [2.45, 2.75) is 31.8 Å². The molecule has 1 N–H and O–H groups in total. The van der Waals surface area contributed by atoms with Gasteiger partial charge in [-0.25, -0.2) is 9.18 Å². The van der Waals surface area contributed by atoms with Crippen LogP contribution in [0.5, 0.6) is 5.75 Å². The number of benzene rings is 2. The molecule has 0 unspecified atom stereocenters. The number of hydrogen-bond acceptors (Lipinski definition) is 5. The van der Waals surface area contributed by atoms with Crippen LogP contribution in [-0.4, -0.2) is 38.2 Å². The van der Waals surface area contributed by atoms with Crippen LogP contribution in [0.1, 0.15) is 36.0 Å². The summed E-state index contributed by atoms with van der Waals surface area (Å²) in [4.78, 5) is 27.4. The second-order valence-electron chi connectivity index (χ2n) is 8.17. The molecule has 32 heavy (non-hydrogen) atoms. The first kappa shape index (κ1) is 21.9. The maximum Gasteiger partial charge on any atom is 0.340 e.